The van der Waals surface area contributed by atoms with Crippen LogP contribution >= 0.6 is 11.3 Å². The van der Waals surface area contributed by atoms with Crippen LogP contribution in [0.2, 0.25) is 0 Å². The summed E-state index contributed by atoms with van der Waals surface area (Å²) in [5, 5.41) is 4.85. The third-order valence-electron chi connectivity index (χ3n) is 4.65. The lowest BCUT2D eigenvalue weighted by Crippen LogP contribution is -2.26. The molecular formula is C22H21N3O2S. The lowest BCUT2D eigenvalue weighted by Gasteiger charge is -2.06. The fourth-order valence-corrected chi connectivity index (χ4v) is 3.87. The van der Waals surface area contributed by atoms with E-state index in [-0.39, 0.29) is 5.91 Å². The summed E-state index contributed by atoms with van der Waals surface area (Å²) in [5.74, 6) is 0.741. The number of aryl methyl sites for hydroxylation is 1. The van der Waals surface area contributed by atoms with Crippen LogP contribution in [0.5, 0.6) is 5.75 Å². The number of carbonyl (C=O) groups excluding carboxylic acids is 1. The van der Waals surface area contributed by atoms with Gasteiger partial charge in [-0.15, -0.1) is 11.3 Å². The first-order chi connectivity index (χ1) is 13.6. The van der Waals surface area contributed by atoms with E-state index in [1.165, 1.54) is 16.9 Å². The van der Waals surface area contributed by atoms with E-state index in [9.17, 15) is 4.79 Å². The average Bonchev–Trinajstić information content (AvgIpc) is 3.30. The molecule has 4 rings (SSSR count). The second kappa shape index (κ2) is 7.86. The van der Waals surface area contributed by atoms with Crippen molar-refractivity contribution in [3.63, 3.8) is 0 Å². The van der Waals surface area contributed by atoms with Gasteiger partial charge in [0.05, 0.1) is 12.8 Å². The van der Waals surface area contributed by atoms with Gasteiger partial charge in [0.2, 0.25) is 0 Å². The van der Waals surface area contributed by atoms with Crippen LogP contribution in [-0.2, 0) is 6.42 Å². The first-order valence-corrected chi connectivity index (χ1v) is 9.97. The Balaban J connectivity index is 1.44. The second-order valence-electron chi connectivity index (χ2n) is 6.62. The van der Waals surface area contributed by atoms with Gasteiger partial charge >= 0.3 is 0 Å². The second-order valence-corrected chi connectivity index (χ2v) is 7.46. The number of thiazole rings is 1. The lowest BCUT2D eigenvalue weighted by molar-refractivity contribution is 0.0948. The van der Waals surface area contributed by atoms with Crippen LogP contribution in [0.1, 0.15) is 21.6 Å². The number of fused-ring (bicyclic) bond motifs is 1. The highest BCUT2D eigenvalue weighted by molar-refractivity contribution is 7.15. The zero-order chi connectivity index (χ0) is 19.5. The molecule has 2 heterocycles. The predicted molar refractivity (Wildman–Crippen MR) is 112 cm³/mol. The smallest absolute Gasteiger partial charge is 0.269 e. The number of amides is 1. The van der Waals surface area contributed by atoms with Gasteiger partial charge in [0.1, 0.15) is 11.4 Å². The Labute approximate surface area is 167 Å². The first-order valence-electron chi connectivity index (χ1n) is 9.09. The maximum Gasteiger partial charge on any atom is 0.269 e. The van der Waals surface area contributed by atoms with Crippen molar-refractivity contribution in [3.05, 3.63) is 76.9 Å². The van der Waals surface area contributed by atoms with Crippen molar-refractivity contribution in [1.29, 1.82) is 0 Å². The van der Waals surface area contributed by atoms with E-state index in [0.717, 1.165) is 34.0 Å². The van der Waals surface area contributed by atoms with Crippen LogP contribution < -0.4 is 10.1 Å². The predicted octanol–water partition coefficient (Wildman–Crippen LogP) is 4.35. The summed E-state index contributed by atoms with van der Waals surface area (Å²) in [6.45, 7) is 2.63. The molecule has 0 saturated heterocycles. The van der Waals surface area contributed by atoms with Crippen LogP contribution in [0.4, 0.5) is 0 Å². The number of carbonyl (C=O) groups is 1. The number of aromatic nitrogens is 2. The largest absolute Gasteiger partial charge is 0.497 e. The number of nitrogens with one attached hydrogen (secondary N) is 1. The molecule has 28 heavy (non-hydrogen) atoms. The maximum absolute atomic E-state index is 12.6. The molecule has 0 aliphatic rings. The highest BCUT2D eigenvalue weighted by atomic mass is 32.1. The molecule has 0 fully saturated rings. The molecule has 0 aliphatic heterocycles. The molecule has 0 bridgehead atoms. The molecule has 0 atom stereocenters. The summed E-state index contributed by atoms with van der Waals surface area (Å²) in [7, 11) is 1.65. The molecule has 4 aromatic rings. The molecule has 0 unspecified atom stereocenters. The van der Waals surface area contributed by atoms with Gasteiger partial charge in [-0.25, -0.2) is 4.98 Å². The lowest BCUT2D eigenvalue weighted by atomic mass is 10.1. The summed E-state index contributed by atoms with van der Waals surface area (Å²) in [4.78, 5) is 18.1. The quantitative estimate of drug-likeness (QED) is 0.532. The first kappa shape index (κ1) is 18.3. The fourth-order valence-electron chi connectivity index (χ4n) is 3.01. The Hall–Kier alpha value is -3.12. The summed E-state index contributed by atoms with van der Waals surface area (Å²) < 4.78 is 7.03. The summed E-state index contributed by atoms with van der Waals surface area (Å²) in [6.07, 6.45) is 2.69. The molecule has 2 aromatic heterocycles. The van der Waals surface area contributed by atoms with Crippen molar-refractivity contribution >= 4 is 22.2 Å². The Bertz CT molecular complexity index is 1100. The van der Waals surface area contributed by atoms with E-state index in [1.54, 1.807) is 7.11 Å². The van der Waals surface area contributed by atoms with Crippen molar-refractivity contribution in [2.45, 2.75) is 13.3 Å². The van der Waals surface area contributed by atoms with Crippen molar-refractivity contribution in [2.75, 3.05) is 13.7 Å². The van der Waals surface area contributed by atoms with Crippen LogP contribution in [0.15, 0.2) is 60.1 Å². The number of ether oxygens (including phenoxy) is 1. The molecule has 5 nitrogen and oxygen atoms in total. The monoisotopic (exact) mass is 391 g/mol. The Morgan fingerprint density at radius 2 is 1.89 bits per heavy atom. The van der Waals surface area contributed by atoms with Gasteiger partial charge < -0.3 is 10.1 Å². The minimum Gasteiger partial charge on any atom is -0.497 e. The molecule has 6 heteroatoms. The zero-order valence-corrected chi connectivity index (χ0v) is 16.6. The Morgan fingerprint density at radius 1 is 1.14 bits per heavy atom. The number of imidazole rings is 1. The van der Waals surface area contributed by atoms with Crippen molar-refractivity contribution < 1.29 is 9.53 Å². The highest BCUT2D eigenvalue weighted by Crippen LogP contribution is 2.24. The van der Waals surface area contributed by atoms with Crippen molar-refractivity contribution in [3.8, 4) is 17.0 Å². The molecule has 1 amide bonds. The summed E-state index contributed by atoms with van der Waals surface area (Å²) >= 11 is 1.47. The third-order valence-corrected chi connectivity index (χ3v) is 5.49. The number of nitrogens with zero attached hydrogens (tertiary/aromatic N) is 2. The molecule has 0 spiro atoms. The van der Waals surface area contributed by atoms with Crippen LogP contribution in [-0.4, -0.2) is 28.9 Å². The molecule has 0 radical (unpaired) electrons. The summed E-state index contributed by atoms with van der Waals surface area (Å²) in [6, 6.07) is 16.1. The molecular weight excluding hydrogens is 370 g/mol. The van der Waals surface area contributed by atoms with Crippen LogP contribution in [0, 0.1) is 6.92 Å². The standard InChI is InChI=1S/C22H21N3O2S/c1-15-3-7-17(8-4-15)19-13-25-20(14-28-22(25)24-19)21(26)23-12-11-16-5-9-18(27-2)10-6-16/h3-10,13-14H,11-12H2,1-2H3,(H,23,26). The number of benzene rings is 2. The minimum atomic E-state index is -0.0902. The topological polar surface area (TPSA) is 55.6 Å². The Kier molecular flexibility index (Phi) is 5.12. The SMILES string of the molecule is COc1ccc(CCNC(=O)c2csc3nc(-c4ccc(C)cc4)cn23)cc1. The Morgan fingerprint density at radius 3 is 2.61 bits per heavy atom. The van der Waals surface area contributed by atoms with Gasteiger partial charge in [0.15, 0.2) is 4.96 Å². The van der Waals surface area contributed by atoms with Crippen molar-refractivity contribution in [1.82, 2.24) is 14.7 Å². The van der Waals surface area contributed by atoms with E-state index in [0.29, 0.717) is 12.2 Å². The zero-order valence-electron chi connectivity index (χ0n) is 15.8. The molecule has 0 aliphatic carbocycles. The maximum atomic E-state index is 12.6. The molecule has 1 N–H and O–H groups in total. The van der Waals surface area contributed by atoms with E-state index in [1.807, 2.05) is 40.2 Å². The van der Waals surface area contributed by atoms with Gasteiger partial charge in [-0.2, -0.15) is 0 Å². The van der Waals surface area contributed by atoms with Gasteiger partial charge in [0.25, 0.3) is 5.91 Å². The van der Waals surface area contributed by atoms with Gasteiger partial charge in [0, 0.05) is 23.7 Å². The molecule has 142 valence electrons. The number of hydrogen-bond donors (Lipinski definition) is 1. The van der Waals surface area contributed by atoms with Crippen molar-refractivity contribution in [2.24, 2.45) is 0 Å². The molecule has 2 aromatic carbocycles. The van der Waals surface area contributed by atoms with E-state index in [4.69, 9.17) is 4.74 Å². The van der Waals surface area contributed by atoms with Gasteiger partial charge in [-0.3, -0.25) is 9.20 Å². The number of rotatable bonds is 6. The van der Waals surface area contributed by atoms with E-state index < -0.39 is 0 Å². The van der Waals surface area contributed by atoms with Crippen LogP contribution in [0.3, 0.4) is 0 Å². The fraction of sp³-hybridized carbons (Fsp3) is 0.182. The van der Waals surface area contributed by atoms with E-state index in [2.05, 4.69) is 41.5 Å². The van der Waals surface area contributed by atoms with Gasteiger partial charge in [-0.05, 0) is 31.0 Å². The number of methoxy groups -OCH3 is 1. The van der Waals surface area contributed by atoms with Crippen LogP contribution in [0.25, 0.3) is 16.2 Å². The average molecular weight is 391 g/mol. The van der Waals surface area contributed by atoms with E-state index >= 15 is 0 Å². The molecule has 0 saturated carbocycles. The highest BCUT2D eigenvalue weighted by Gasteiger charge is 2.15. The minimum absolute atomic E-state index is 0.0902. The third kappa shape index (κ3) is 3.77. The summed E-state index contributed by atoms with van der Waals surface area (Å²) in [5.41, 5.74) is 4.90. The number of hydrogen-bond acceptors (Lipinski definition) is 4. The van der Waals surface area contributed by atoms with Gasteiger partial charge in [-0.1, -0.05) is 42.0 Å². The normalized spacial score (nSPS) is 10.9.